The minimum atomic E-state index is 1.02. The molecule has 0 spiro atoms. The van der Waals surface area contributed by atoms with Crippen LogP contribution in [0.5, 0.6) is 0 Å². The minimum absolute atomic E-state index is 1.02. The molecule has 0 aromatic rings. The first-order valence-electron chi connectivity index (χ1n) is 5.66. The summed E-state index contributed by atoms with van der Waals surface area (Å²) in [5.74, 6) is 2.11. The predicted octanol–water partition coefficient (Wildman–Crippen LogP) is 2.57. The molecule has 0 amide bonds. The van der Waals surface area contributed by atoms with Gasteiger partial charge in [0, 0.05) is 0 Å². The van der Waals surface area contributed by atoms with Gasteiger partial charge in [-0.3, -0.25) is 0 Å². The van der Waals surface area contributed by atoms with E-state index in [0.717, 1.165) is 11.8 Å². The van der Waals surface area contributed by atoms with Crippen LogP contribution in [0, 0.1) is 11.8 Å². The summed E-state index contributed by atoms with van der Waals surface area (Å²) in [6, 6.07) is 0. The summed E-state index contributed by atoms with van der Waals surface area (Å²) in [5.41, 5.74) is 0. The van der Waals surface area contributed by atoms with Crippen molar-refractivity contribution in [1.29, 1.82) is 0 Å². The van der Waals surface area contributed by atoms with Gasteiger partial charge in [-0.1, -0.05) is 25.7 Å². The zero-order chi connectivity index (χ0) is 8.23. The van der Waals surface area contributed by atoms with Crippen LogP contribution in [0.25, 0.3) is 0 Å². The lowest BCUT2D eigenvalue weighted by Crippen LogP contribution is -2.30. The van der Waals surface area contributed by atoms with Gasteiger partial charge in [0.05, 0.1) is 0 Å². The standard InChI is InChI=1S/C11H21N/c1-2-5-10(4-1)8-11-6-3-7-12-9-11/h10-12H,1-9H2/t11-/m0/s1. The van der Waals surface area contributed by atoms with Gasteiger partial charge in [-0.15, -0.1) is 0 Å². The van der Waals surface area contributed by atoms with Gasteiger partial charge < -0.3 is 5.32 Å². The van der Waals surface area contributed by atoms with Crippen molar-refractivity contribution in [2.24, 2.45) is 11.8 Å². The van der Waals surface area contributed by atoms with Crippen LogP contribution < -0.4 is 5.32 Å². The molecule has 0 bridgehead atoms. The van der Waals surface area contributed by atoms with Crippen molar-refractivity contribution in [3.05, 3.63) is 0 Å². The predicted molar refractivity (Wildman–Crippen MR) is 52.2 cm³/mol. The third kappa shape index (κ3) is 2.22. The van der Waals surface area contributed by atoms with Gasteiger partial charge in [-0.25, -0.2) is 0 Å². The molecule has 1 atom stereocenters. The fourth-order valence-corrected chi connectivity index (χ4v) is 2.84. The van der Waals surface area contributed by atoms with E-state index in [1.54, 1.807) is 0 Å². The van der Waals surface area contributed by atoms with Crippen molar-refractivity contribution < 1.29 is 0 Å². The Balaban J connectivity index is 1.69. The number of hydrogen-bond acceptors (Lipinski definition) is 1. The third-order valence-electron chi connectivity index (χ3n) is 3.54. The average Bonchev–Trinajstić information content (AvgIpc) is 2.59. The molecule has 1 saturated heterocycles. The Morgan fingerprint density at radius 3 is 2.33 bits per heavy atom. The molecule has 1 heterocycles. The van der Waals surface area contributed by atoms with E-state index in [-0.39, 0.29) is 0 Å². The summed E-state index contributed by atoms with van der Waals surface area (Å²) in [4.78, 5) is 0. The molecule has 0 unspecified atom stereocenters. The first-order chi connectivity index (χ1) is 5.95. The zero-order valence-electron chi connectivity index (χ0n) is 8.02. The van der Waals surface area contributed by atoms with Crippen LogP contribution in [0.15, 0.2) is 0 Å². The topological polar surface area (TPSA) is 12.0 Å². The second-order valence-corrected chi connectivity index (χ2v) is 4.60. The van der Waals surface area contributed by atoms with Crippen LogP contribution in [0.2, 0.25) is 0 Å². The van der Waals surface area contributed by atoms with Crippen molar-refractivity contribution in [3.63, 3.8) is 0 Å². The number of piperidine rings is 1. The Bertz CT molecular complexity index is 121. The molecule has 2 rings (SSSR count). The van der Waals surface area contributed by atoms with Crippen LogP contribution in [0.1, 0.15) is 44.9 Å². The molecule has 70 valence electrons. The Kier molecular flexibility index (Phi) is 3.04. The molecule has 1 aliphatic carbocycles. The van der Waals surface area contributed by atoms with Crippen molar-refractivity contribution in [2.75, 3.05) is 13.1 Å². The Morgan fingerprint density at radius 1 is 0.917 bits per heavy atom. The molecule has 2 aliphatic rings. The van der Waals surface area contributed by atoms with Crippen LogP contribution in [0.4, 0.5) is 0 Å². The Morgan fingerprint density at radius 2 is 1.67 bits per heavy atom. The highest BCUT2D eigenvalue weighted by molar-refractivity contribution is 4.75. The van der Waals surface area contributed by atoms with E-state index in [9.17, 15) is 0 Å². The largest absolute Gasteiger partial charge is 0.316 e. The normalized spacial score (nSPS) is 32.5. The first-order valence-corrected chi connectivity index (χ1v) is 5.66. The Hall–Kier alpha value is -0.0400. The van der Waals surface area contributed by atoms with Crippen molar-refractivity contribution in [2.45, 2.75) is 44.9 Å². The van der Waals surface area contributed by atoms with Gasteiger partial charge in [0.2, 0.25) is 0 Å². The molecule has 1 saturated carbocycles. The third-order valence-corrected chi connectivity index (χ3v) is 3.54. The summed E-state index contributed by atoms with van der Waals surface area (Å²) >= 11 is 0. The zero-order valence-corrected chi connectivity index (χ0v) is 8.02. The lowest BCUT2D eigenvalue weighted by molar-refractivity contribution is 0.304. The van der Waals surface area contributed by atoms with Gasteiger partial charge in [0.15, 0.2) is 0 Å². The van der Waals surface area contributed by atoms with Crippen molar-refractivity contribution in [1.82, 2.24) is 5.32 Å². The molecular formula is C11H21N. The maximum Gasteiger partial charge on any atom is -0.00204 e. The van der Waals surface area contributed by atoms with E-state index in [2.05, 4.69) is 5.32 Å². The molecule has 0 aromatic heterocycles. The fraction of sp³-hybridized carbons (Fsp3) is 1.00. The van der Waals surface area contributed by atoms with Gasteiger partial charge in [0.1, 0.15) is 0 Å². The molecule has 0 aromatic carbocycles. The van der Waals surface area contributed by atoms with Crippen LogP contribution in [-0.4, -0.2) is 13.1 Å². The lowest BCUT2D eigenvalue weighted by Gasteiger charge is -2.25. The summed E-state index contributed by atoms with van der Waals surface area (Å²) in [7, 11) is 0. The van der Waals surface area contributed by atoms with E-state index < -0.39 is 0 Å². The molecule has 1 N–H and O–H groups in total. The van der Waals surface area contributed by atoms with Crippen molar-refractivity contribution >= 4 is 0 Å². The molecular weight excluding hydrogens is 146 g/mol. The SMILES string of the molecule is C1CCC(C[C@@H]2CCCNC2)C1. The van der Waals surface area contributed by atoms with E-state index in [0.29, 0.717) is 0 Å². The maximum absolute atomic E-state index is 3.51. The van der Waals surface area contributed by atoms with Gasteiger partial charge in [-0.2, -0.15) is 0 Å². The Labute approximate surface area is 75.9 Å². The minimum Gasteiger partial charge on any atom is -0.316 e. The highest BCUT2D eigenvalue weighted by atomic mass is 14.9. The molecule has 1 aliphatic heterocycles. The molecule has 1 nitrogen and oxygen atoms in total. The second kappa shape index (κ2) is 4.27. The second-order valence-electron chi connectivity index (χ2n) is 4.60. The first kappa shape index (κ1) is 8.55. The smallest absolute Gasteiger partial charge is 0.00204 e. The number of rotatable bonds is 2. The van der Waals surface area contributed by atoms with E-state index >= 15 is 0 Å². The van der Waals surface area contributed by atoms with Crippen LogP contribution >= 0.6 is 0 Å². The molecule has 1 heteroatoms. The van der Waals surface area contributed by atoms with E-state index in [4.69, 9.17) is 0 Å². The highest BCUT2D eigenvalue weighted by Gasteiger charge is 2.21. The van der Waals surface area contributed by atoms with Gasteiger partial charge in [0.25, 0.3) is 0 Å². The number of hydrogen-bond donors (Lipinski definition) is 1. The number of nitrogens with one attached hydrogen (secondary N) is 1. The molecule has 2 fully saturated rings. The van der Waals surface area contributed by atoms with Gasteiger partial charge >= 0.3 is 0 Å². The van der Waals surface area contributed by atoms with E-state index in [1.165, 1.54) is 58.0 Å². The highest BCUT2D eigenvalue weighted by Crippen LogP contribution is 2.31. The summed E-state index contributed by atoms with van der Waals surface area (Å²) in [6.07, 6.45) is 10.5. The van der Waals surface area contributed by atoms with E-state index in [1.807, 2.05) is 0 Å². The van der Waals surface area contributed by atoms with Crippen LogP contribution in [0.3, 0.4) is 0 Å². The summed E-state index contributed by atoms with van der Waals surface area (Å²) in [5, 5.41) is 3.51. The maximum atomic E-state index is 3.51. The fourth-order valence-electron chi connectivity index (χ4n) is 2.84. The summed E-state index contributed by atoms with van der Waals surface area (Å²) in [6.45, 7) is 2.57. The molecule has 0 radical (unpaired) electrons. The average molecular weight is 167 g/mol. The lowest BCUT2D eigenvalue weighted by atomic mass is 9.88. The van der Waals surface area contributed by atoms with Crippen LogP contribution in [-0.2, 0) is 0 Å². The quantitative estimate of drug-likeness (QED) is 0.666. The van der Waals surface area contributed by atoms with Gasteiger partial charge in [-0.05, 0) is 44.2 Å². The van der Waals surface area contributed by atoms with Crippen molar-refractivity contribution in [3.8, 4) is 0 Å². The monoisotopic (exact) mass is 167 g/mol. The molecule has 12 heavy (non-hydrogen) atoms. The summed E-state index contributed by atoms with van der Waals surface area (Å²) < 4.78 is 0.